The summed E-state index contributed by atoms with van der Waals surface area (Å²) < 4.78 is 2.17. The molecule has 2 N–H and O–H groups in total. The number of phenols is 1. The molecule has 0 atom stereocenters. The Morgan fingerprint density at radius 1 is 1.12 bits per heavy atom. The van der Waals surface area contributed by atoms with Gasteiger partial charge in [0.05, 0.1) is 6.42 Å². The number of nitrogens with zero attached hydrogens (tertiary/aromatic N) is 1. The van der Waals surface area contributed by atoms with E-state index in [0.717, 1.165) is 27.7 Å². The van der Waals surface area contributed by atoms with Gasteiger partial charge in [-0.2, -0.15) is 0 Å². The van der Waals surface area contributed by atoms with Crippen LogP contribution in [-0.2, 0) is 17.8 Å². The van der Waals surface area contributed by atoms with Gasteiger partial charge in [0.25, 0.3) is 0 Å². The molecule has 1 aromatic heterocycles. The van der Waals surface area contributed by atoms with Gasteiger partial charge < -0.3 is 14.8 Å². The molecule has 3 aromatic rings. The highest BCUT2D eigenvalue weighted by molar-refractivity contribution is 5.90. The molecule has 4 heteroatoms. The Morgan fingerprint density at radius 2 is 1.83 bits per heavy atom. The summed E-state index contributed by atoms with van der Waals surface area (Å²) in [5.74, 6) is -0.530. The Morgan fingerprint density at radius 3 is 2.46 bits per heavy atom. The first-order chi connectivity index (χ1) is 11.5. The van der Waals surface area contributed by atoms with Gasteiger partial charge in [-0.05, 0) is 35.2 Å². The molecule has 0 saturated carbocycles. The molecular weight excluding hydrogens is 302 g/mol. The molecule has 0 saturated heterocycles. The van der Waals surface area contributed by atoms with Crippen LogP contribution in [-0.4, -0.2) is 20.7 Å². The third-order valence-corrected chi connectivity index (χ3v) is 4.25. The van der Waals surface area contributed by atoms with Crippen molar-refractivity contribution in [2.75, 3.05) is 0 Å². The van der Waals surface area contributed by atoms with Crippen LogP contribution in [0.4, 0.5) is 0 Å². The maximum absolute atomic E-state index is 11.4. The van der Waals surface area contributed by atoms with E-state index in [1.165, 1.54) is 0 Å². The van der Waals surface area contributed by atoms with Crippen molar-refractivity contribution in [3.05, 3.63) is 65.4 Å². The standard InChI is InChI=1S/C20H21NO3/c1-13(2)20-17(11-19(23)24)16-10-15(22)8-9-18(16)21(20)12-14-6-4-3-5-7-14/h3-10,13,22H,11-12H2,1-2H3,(H,23,24). The minimum Gasteiger partial charge on any atom is -0.508 e. The molecule has 0 fully saturated rings. The second kappa shape index (κ2) is 6.40. The Bertz CT molecular complexity index is 879. The zero-order chi connectivity index (χ0) is 17.3. The number of aromatic hydroxyl groups is 1. The Hall–Kier alpha value is -2.75. The maximum atomic E-state index is 11.4. The molecule has 2 aromatic carbocycles. The maximum Gasteiger partial charge on any atom is 0.307 e. The van der Waals surface area contributed by atoms with Crippen molar-refractivity contribution >= 4 is 16.9 Å². The average molecular weight is 323 g/mol. The number of aliphatic carboxylic acids is 1. The number of hydrogen-bond donors (Lipinski definition) is 2. The lowest BCUT2D eigenvalue weighted by atomic mass is 10.0. The SMILES string of the molecule is CC(C)c1c(CC(=O)O)c2cc(O)ccc2n1Cc1ccccc1. The van der Waals surface area contributed by atoms with Crippen LogP contribution >= 0.6 is 0 Å². The van der Waals surface area contributed by atoms with Crippen LogP contribution in [0.5, 0.6) is 5.75 Å². The average Bonchev–Trinajstić information content (AvgIpc) is 2.81. The number of aromatic nitrogens is 1. The Balaban J connectivity index is 2.26. The number of benzene rings is 2. The highest BCUT2D eigenvalue weighted by atomic mass is 16.4. The molecule has 0 spiro atoms. The molecule has 24 heavy (non-hydrogen) atoms. The van der Waals surface area contributed by atoms with Crippen molar-refractivity contribution in [1.82, 2.24) is 4.57 Å². The first-order valence-electron chi connectivity index (χ1n) is 8.07. The van der Waals surface area contributed by atoms with Crippen LogP contribution in [0.3, 0.4) is 0 Å². The first kappa shape index (κ1) is 16.1. The quantitative estimate of drug-likeness (QED) is 0.741. The summed E-state index contributed by atoms with van der Waals surface area (Å²) in [4.78, 5) is 11.4. The second-order valence-corrected chi connectivity index (χ2v) is 6.36. The van der Waals surface area contributed by atoms with Gasteiger partial charge in [0, 0.05) is 23.1 Å². The largest absolute Gasteiger partial charge is 0.508 e. The van der Waals surface area contributed by atoms with Gasteiger partial charge >= 0.3 is 5.97 Å². The fraction of sp³-hybridized carbons (Fsp3) is 0.250. The molecule has 1 heterocycles. The van der Waals surface area contributed by atoms with Gasteiger partial charge in [-0.15, -0.1) is 0 Å². The zero-order valence-corrected chi connectivity index (χ0v) is 13.9. The van der Waals surface area contributed by atoms with Crippen molar-refractivity contribution in [3.63, 3.8) is 0 Å². The van der Waals surface area contributed by atoms with E-state index in [-0.39, 0.29) is 18.1 Å². The summed E-state index contributed by atoms with van der Waals surface area (Å²) in [6, 6.07) is 15.3. The summed E-state index contributed by atoms with van der Waals surface area (Å²) in [5, 5.41) is 20.0. The first-order valence-corrected chi connectivity index (χ1v) is 8.07. The summed E-state index contributed by atoms with van der Waals surface area (Å²) in [5.41, 5.74) is 3.92. The van der Waals surface area contributed by atoms with Crippen molar-refractivity contribution < 1.29 is 15.0 Å². The molecular formula is C20H21NO3. The highest BCUT2D eigenvalue weighted by Gasteiger charge is 2.21. The Labute approximate surface area is 141 Å². The molecule has 0 aliphatic heterocycles. The van der Waals surface area contributed by atoms with E-state index in [1.54, 1.807) is 12.1 Å². The van der Waals surface area contributed by atoms with E-state index in [4.69, 9.17) is 0 Å². The van der Waals surface area contributed by atoms with Gasteiger partial charge in [-0.3, -0.25) is 4.79 Å². The smallest absolute Gasteiger partial charge is 0.307 e. The van der Waals surface area contributed by atoms with Crippen LogP contribution in [0.1, 0.15) is 36.6 Å². The molecule has 4 nitrogen and oxygen atoms in total. The summed E-state index contributed by atoms with van der Waals surface area (Å²) in [7, 11) is 0. The minimum absolute atomic E-state index is 0.0464. The molecule has 0 aliphatic carbocycles. The van der Waals surface area contributed by atoms with E-state index in [9.17, 15) is 15.0 Å². The van der Waals surface area contributed by atoms with Gasteiger partial charge in [-0.25, -0.2) is 0 Å². The van der Waals surface area contributed by atoms with E-state index >= 15 is 0 Å². The molecule has 3 rings (SSSR count). The third-order valence-electron chi connectivity index (χ3n) is 4.25. The lowest BCUT2D eigenvalue weighted by Crippen LogP contribution is -2.09. The number of phenolic OH excluding ortho intramolecular Hbond substituents is 1. The molecule has 124 valence electrons. The van der Waals surface area contributed by atoms with Crippen molar-refractivity contribution in [1.29, 1.82) is 0 Å². The van der Waals surface area contributed by atoms with E-state index in [1.807, 2.05) is 24.3 Å². The van der Waals surface area contributed by atoms with Crippen molar-refractivity contribution in [2.24, 2.45) is 0 Å². The van der Waals surface area contributed by atoms with Crippen LogP contribution in [0.15, 0.2) is 48.5 Å². The molecule has 0 bridgehead atoms. The second-order valence-electron chi connectivity index (χ2n) is 6.36. The summed E-state index contributed by atoms with van der Waals surface area (Å²) in [6.45, 7) is 4.82. The zero-order valence-electron chi connectivity index (χ0n) is 13.9. The fourth-order valence-corrected chi connectivity index (χ4v) is 3.37. The lowest BCUT2D eigenvalue weighted by molar-refractivity contribution is -0.136. The number of carboxylic acid groups (broad SMARTS) is 1. The van der Waals surface area contributed by atoms with Gasteiger partial charge in [-0.1, -0.05) is 44.2 Å². The van der Waals surface area contributed by atoms with Gasteiger partial charge in [0.1, 0.15) is 5.75 Å². The molecule has 0 radical (unpaired) electrons. The van der Waals surface area contributed by atoms with Crippen LogP contribution < -0.4 is 0 Å². The highest BCUT2D eigenvalue weighted by Crippen LogP contribution is 2.34. The Kier molecular flexibility index (Phi) is 4.30. The van der Waals surface area contributed by atoms with Crippen molar-refractivity contribution in [3.8, 4) is 5.75 Å². The van der Waals surface area contributed by atoms with Crippen LogP contribution in [0.25, 0.3) is 10.9 Å². The van der Waals surface area contributed by atoms with Gasteiger partial charge in [0.2, 0.25) is 0 Å². The summed E-state index contributed by atoms with van der Waals surface area (Å²) >= 11 is 0. The number of hydrogen-bond acceptors (Lipinski definition) is 2. The number of rotatable bonds is 5. The summed E-state index contributed by atoms with van der Waals surface area (Å²) in [6.07, 6.45) is -0.0464. The number of carboxylic acids is 1. The van der Waals surface area contributed by atoms with E-state index < -0.39 is 5.97 Å². The molecule has 0 aliphatic rings. The normalized spacial score (nSPS) is 11.3. The molecule has 0 unspecified atom stereocenters. The van der Waals surface area contributed by atoms with E-state index in [0.29, 0.717) is 6.54 Å². The monoisotopic (exact) mass is 323 g/mol. The third kappa shape index (κ3) is 3.00. The lowest BCUT2D eigenvalue weighted by Gasteiger charge is -2.15. The van der Waals surface area contributed by atoms with Crippen LogP contribution in [0, 0.1) is 0 Å². The number of carbonyl (C=O) groups is 1. The number of fused-ring (bicyclic) bond motifs is 1. The van der Waals surface area contributed by atoms with Crippen LogP contribution in [0.2, 0.25) is 0 Å². The van der Waals surface area contributed by atoms with E-state index in [2.05, 4.69) is 30.5 Å². The topological polar surface area (TPSA) is 62.5 Å². The molecule has 0 amide bonds. The van der Waals surface area contributed by atoms with Gasteiger partial charge in [0.15, 0.2) is 0 Å². The van der Waals surface area contributed by atoms with Crippen molar-refractivity contribution in [2.45, 2.75) is 32.7 Å². The minimum atomic E-state index is -0.862. The predicted molar refractivity (Wildman–Crippen MR) is 94.6 cm³/mol. The fourth-order valence-electron chi connectivity index (χ4n) is 3.37. The predicted octanol–water partition coefficient (Wildman–Crippen LogP) is 4.15.